The Kier molecular flexibility index (Phi) is 6.63. The highest BCUT2D eigenvalue weighted by atomic mass is 32.1. The minimum Gasteiger partial charge on any atom is -0.356 e. The van der Waals surface area contributed by atoms with E-state index in [-0.39, 0.29) is 6.54 Å². The number of hydrogen-bond donors (Lipinski definition) is 2. The number of nitrogens with zero attached hydrogens (tertiary/aromatic N) is 3. The highest BCUT2D eigenvalue weighted by Crippen LogP contribution is 2.29. The van der Waals surface area contributed by atoms with Crippen molar-refractivity contribution in [1.82, 2.24) is 20.6 Å². The number of thiazole rings is 2. The largest absolute Gasteiger partial charge is 0.434 e. The molecule has 28 heavy (non-hydrogen) atoms. The summed E-state index contributed by atoms with van der Waals surface area (Å²) in [5.41, 5.74) is 1.20. The lowest BCUT2D eigenvalue weighted by atomic mass is 10.2. The summed E-state index contributed by atoms with van der Waals surface area (Å²) in [5.74, 6) is 0.502. The lowest BCUT2D eigenvalue weighted by Crippen LogP contribution is -2.37. The van der Waals surface area contributed by atoms with E-state index in [0.717, 1.165) is 33.0 Å². The van der Waals surface area contributed by atoms with Crippen molar-refractivity contribution in [2.75, 3.05) is 13.6 Å². The number of guanidine groups is 1. The molecule has 5 nitrogen and oxygen atoms in total. The van der Waals surface area contributed by atoms with Crippen molar-refractivity contribution in [2.24, 2.45) is 4.99 Å². The summed E-state index contributed by atoms with van der Waals surface area (Å²) >= 11 is 2.56. The van der Waals surface area contributed by atoms with Gasteiger partial charge in [-0.2, -0.15) is 13.2 Å². The van der Waals surface area contributed by atoms with E-state index in [4.69, 9.17) is 0 Å². The van der Waals surface area contributed by atoms with E-state index in [1.54, 1.807) is 18.4 Å². The molecule has 0 spiro atoms. The van der Waals surface area contributed by atoms with Crippen molar-refractivity contribution in [1.29, 1.82) is 0 Å². The lowest BCUT2D eigenvalue weighted by molar-refractivity contribution is -0.140. The normalized spacial score (nSPS) is 12.2. The number of alkyl halides is 3. The molecule has 0 unspecified atom stereocenters. The van der Waals surface area contributed by atoms with Crippen LogP contribution in [0.4, 0.5) is 13.2 Å². The zero-order chi connectivity index (χ0) is 20.0. The first-order valence-corrected chi connectivity index (χ1v) is 10.2. The van der Waals surface area contributed by atoms with Crippen LogP contribution < -0.4 is 10.6 Å². The van der Waals surface area contributed by atoms with Crippen LogP contribution in [0.25, 0.3) is 10.6 Å². The molecule has 10 heteroatoms. The van der Waals surface area contributed by atoms with Crippen LogP contribution in [0.3, 0.4) is 0 Å². The predicted octanol–water partition coefficient (Wildman–Crippen LogP) is 4.19. The monoisotopic (exact) mass is 425 g/mol. The maximum atomic E-state index is 12.6. The van der Waals surface area contributed by atoms with Crippen molar-refractivity contribution >= 4 is 28.6 Å². The number of aromatic nitrogens is 2. The molecule has 0 radical (unpaired) electrons. The second kappa shape index (κ2) is 9.16. The predicted molar refractivity (Wildman–Crippen MR) is 107 cm³/mol. The van der Waals surface area contributed by atoms with E-state index in [1.165, 1.54) is 0 Å². The summed E-state index contributed by atoms with van der Waals surface area (Å²) in [4.78, 5) is 12.3. The standard InChI is InChI=1S/C18H18F3N5S2/c1-22-17(24-9-15-26-14(11-27-15)18(19,20)21)23-8-7-13-10-28-16(25-13)12-5-3-2-4-6-12/h2-6,10-11H,7-9H2,1H3,(H2,22,23,24). The van der Waals surface area contributed by atoms with Gasteiger partial charge in [-0.3, -0.25) is 4.99 Å². The average molecular weight is 426 g/mol. The molecule has 0 bridgehead atoms. The molecule has 1 aromatic carbocycles. The van der Waals surface area contributed by atoms with Crippen LogP contribution in [-0.2, 0) is 19.1 Å². The Morgan fingerprint density at radius 2 is 1.86 bits per heavy atom. The van der Waals surface area contributed by atoms with Crippen molar-refractivity contribution in [2.45, 2.75) is 19.1 Å². The van der Waals surface area contributed by atoms with Gasteiger partial charge in [-0.15, -0.1) is 22.7 Å². The molecule has 148 valence electrons. The molecular weight excluding hydrogens is 407 g/mol. The fourth-order valence-corrected chi connectivity index (χ4v) is 3.95. The Balaban J connectivity index is 1.46. The topological polar surface area (TPSA) is 62.2 Å². The number of aliphatic imine (C=N–C) groups is 1. The fourth-order valence-electron chi connectivity index (χ4n) is 2.35. The van der Waals surface area contributed by atoms with E-state index in [0.29, 0.717) is 23.9 Å². The van der Waals surface area contributed by atoms with E-state index in [1.807, 2.05) is 35.7 Å². The lowest BCUT2D eigenvalue weighted by Gasteiger charge is -2.10. The van der Waals surface area contributed by atoms with Gasteiger partial charge < -0.3 is 10.6 Å². The van der Waals surface area contributed by atoms with Gasteiger partial charge in [0.1, 0.15) is 10.0 Å². The zero-order valence-electron chi connectivity index (χ0n) is 15.0. The summed E-state index contributed by atoms with van der Waals surface area (Å²) in [6.07, 6.45) is -3.71. The Bertz CT molecular complexity index is 919. The first-order chi connectivity index (χ1) is 13.5. The van der Waals surface area contributed by atoms with Gasteiger partial charge in [-0.25, -0.2) is 9.97 Å². The number of rotatable bonds is 6. The van der Waals surface area contributed by atoms with Crippen molar-refractivity contribution in [3.8, 4) is 10.6 Å². The molecule has 2 N–H and O–H groups in total. The number of halogens is 3. The summed E-state index contributed by atoms with van der Waals surface area (Å²) in [7, 11) is 1.61. The van der Waals surface area contributed by atoms with Crippen LogP contribution in [0.2, 0.25) is 0 Å². The molecule has 3 rings (SSSR count). The van der Waals surface area contributed by atoms with Gasteiger partial charge in [0.2, 0.25) is 0 Å². The Hall–Kier alpha value is -2.46. The Morgan fingerprint density at radius 3 is 2.54 bits per heavy atom. The van der Waals surface area contributed by atoms with E-state index >= 15 is 0 Å². The number of nitrogens with one attached hydrogen (secondary N) is 2. The second-order valence-corrected chi connectivity index (χ2v) is 7.54. The highest BCUT2D eigenvalue weighted by molar-refractivity contribution is 7.13. The molecule has 0 saturated heterocycles. The average Bonchev–Trinajstić information content (AvgIpc) is 3.34. The molecule has 0 atom stereocenters. The molecule has 0 amide bonds. The van der Waals surface area contributed by atoms with Crippen LogP contribution >= 0.6 is 22.7 Å². The smallest absolute Gasteiger partial charge is 0.356 e. The van der Waals surface area contributed by atoms with Crippen LogP contribution in [0.15, 0.2) is 46.1 Å². The van der Waals surface area contributed by atoms with Gasteiger partial charge >= 0.3 is 6.18 Å². The second-order valence-electron chi connectivity index (χ2n) is 5.74. The maximum Gasteiger partial charge on any atom is 0.434 e. The SMILES string of the molecule is CN=C(NCCc1csc(-c2ccccc2)n1)NCc1nc(C(F)(F)F)cs1. The van der Waals surface area contributed by atoms with Gasteiger partial charge in [0, 0.05) is 36.3 Å². The molecule has 0 aliphatic heterocycles. The molecule has 0 fully saturated rings. The summed E-state index contributed by atoms with van der Waals surface area (Å²) < 4.78 is 37.8. The van der Waals surface area contributed by atoms with E-state index in [9.17, 15) is 13.2 Å². The maximum absolute atomic E-state index is 12.6. The third-order valence-electron chi connectivity index (χ3n) is 3.72. The highest BCUT2D eigenvalue weighted by Gasteiger charge is 2.33. The third kappa shape index (κ3) is 5.52. The van der Waals surface area contributed by atoms with Gasteiger partial charge in [-0.1, -0.05) is 30.3 Å². The first-order valence-electron chi connectivity index (χ1n) is 8.41. The van der Waals surface area contributed by atoms with Crippen LogP contribution in [-0.4, -0.2) is 29.5 Å². The summed E-state index contributed by atoms with van der Waals surface area (Å²) in [6.45, 7) is 0.776. The van der Waals surface area contributed by atoms with E-state index < -0.39 is 11.9 Å². The fraction of sp³-hybridized carbons (Fsp3) is 0.278. The van der Waals surface area contributed by atoms with Crippen molar-refractivity contribution in [3.63, 3.8) is 0 Å². The van der Waals surface area contributed by atoms with Crippen molar-refractivity contribution < 1.29 is 13.2 Å². The number of benzene rings is 1. The molecule has 3 aromatic rings. The zero-order valence-corrected chi connectivity index (χ0v) is 16.6. The van der Waals surface area contributed by atoms with Crippen LogP contribution in [0.5, 0.6) is 0 Å². The molecule has 2 heterocycles. The minimum atomic E-state index is -4.42. The van der Waals surface area contributed by atoms with Gasteiger partial charge in [0.05, 0.1) is 12.2 Å². The Morgan fingerprint density at radius 1 is 1.07 bits per heavy atom. The van der Waals surface area contributed by atoms with Gasteiger partial charge in [0.15, 0.2) is 11.7 Å². The molecular formula is C18H18F3N5S2. The summed E-state index contributed by atoms with van der Waals surface area (Å²) in [6, 6.07) is 9.97. The molecule has 0 aliphatic carbocycles. The molecule has 2 aromatic heterocycles. The van der Waals surface area contributed by atoms with Gasteiger partial charge in [0.25, 0.3) is 0 Å². The minimum absolute atomic E-state index is 0.176. The Labute approximate surface area is 168 Å². The molecule has 0 aliphatic rings. The first kappa shape index (κ1) is 20.3. The quantitative estimate of drug-likeness (QED) is 0.459. The third-order valence-corrected chi connectivity index (χ3v) is 5.51. The van der Waals surface area contributed by atoms with Gasteiger partial charge in [-0.05, 0) is 0 Å². The molecule has 0 saturated carbocycles. The van der Waals surface area contributed by atoms with Crippen LogP contribution in [0, 0.1) is 0 Å². The number of hydrogen-bond acceptors (Lipinski definition) is 5. The van der Waals surface area contributed by atoms with Crippen LogP contribution in [0.1, 0.15) is 16.4 Å². The van der Waals surface area contributed by atoms with Crippen molar-refractivity contribution in [3.05, 3.63) is 57.5 Å². The summed E-state index contributed by atoms with van der Waals surface area (Å²) in [5, 5.41) is 10.5. The van der Waals surface area contributed by atoms with E-state index in [2.05, 4.69) is 25.6 Å².